The van der Waals surface area contributed by atoms with Crippen molar-refractivity contribution < 1.29 is 23.7 Å². The van der Waals surface area contributed by atoms with Crippen LogP contribution in [-0.2, 0) is 9.53 Å². The van der Waals surface area contributed by atoms with Crippen LogP contribution in [-0.4, -0.2) is 49.8 Å². The van der Waals surface area contributed by atoms with Gasteiger partial charge in [0.1, 0.15) is 5.75 Å². The molecule has 1 heterocycles. The summed E-state index contributed by atoms with van der Waals surface area (Å²) in [5, 5.41) is 5.06. The Labute approximate surface area is 254 Å². The predicted octanol–water partition coefficient (Wildman–Crippen LogP) is 6.47. The number of methoxy groups -OCH3 is 3. The van der Waals surface area contributed by atoms with Gasteiger partial charge in [-0.1, -0.05) is 26.0 Å². The summed E-state index contributed by atoms with van der Waals surface area (Å²) in [6.45, 7) is 5.81. The van der Waals surface area contributed by atoms with Crippen molar-refractivity contribution in [3.8, 4) is 28.6 Å². The Morgan fingerprint density at radius 2 is 1.76 bits per heavy atom. The molecule has 0 bridgehead atoms. The van der Waals surface area contributed by atoms with Gasteiger partial charge < -0.3 is 18.9 Å². The first-order valence-electron chi connectivity index (χ1n) is 12.6. The first-order chi connectivity index (χ1) is 19.6. The zero-order chi connectivity index (χ0) is 29.8. The fraction of sp³-hybridized carbons (Fsp3) is 0.267. The maximum atomic E-state index is 13.8. The fourth-order valence-electron chi connectivity index (χ4n) is 4.27. The van der Waals surface area contributed by atoms with Crippen molar-refractivity contribution in [1.29, 1.82) is 0 Å². The molecule has 1 aromatic heterocycles. The number of hydrogen-bond donors (Lipinski definition) is 0. The number of carbonyl (C=O) groups is 1. The highest BCUT2D eigenvalue weighted by molar-refractivity contribution is 9.13. The van der Waals surface area contributed by atoms with Gasteiger partial charge in [0.2, 0.25) is 0 Å². The van der Waals surface area contributed by atoms with Gasteiger partial charge in [0.15, 0.2) is 23.9 Å². The largest absolute Gasteiger partial charge is 0.496 e. The highest BCUT2D eigenvalue weighted by atomic mass is 79.9. The van der Waals surface area contributed by atoms with Crippen molar-refractivity contribution in [3.05, 3.63) is 78.5 Å². The van der Waals surface area contributed by atoms with Gasteiger partial charge in [-0.05, 0) is 86.2 Å². The number of esters is 1. The lowest BCUT2D eigenvalue weighted by Crippen LogP contribution is -2.21. The third-order valence-electron chi connectivity index (χ3n) is 6.44. The zero-order valence-electron chi connectivity index (χ0n) is 23.5. The van der Waals surface area contributed by atoms with Crippen LogP contribution in [0.4, 0.5) is 0 Å². The Balaban J connectivity index is 1.91. The van der Waals surface area contributed by atoms with E-state index in [0.29, 0.717) is 42.7 Å². The van der Waals surface area contributed by atoms with Gasteiger partial charge in [0.25, 0.3) is 5.56 Å². The molecule has 0 spiro atoms. The van der Waals surface area contributed by atoms with Crippen LogP contribution in [0.15, 0.2) is 61.3 Å². The lowest BCUT2D eigenvalue weighted by atomic mass is 9.96. The summed E-state index contributed by atoms with van der Waals surface area (Å²) in [6, 6.07) is 12.8. The van der Waals surface area contributed by atoms with E-state index in [1.807, 2.05) is 31.2 Å². The molecule has 0 aliphatic carbocycles. The molecule has 0 unspecified atom stereocenters. The summed E-state index contributed by atoms with van der Waals surface area (Å²) in [7, 11) is 4.41. The molecular weight excluding hydrogens is 658 g/mol. The van der Waals surface area contributed by atoms with Gasteiger partial charge in [-0.3, -0.25) is 4.79 Å². The molecule has 41 heavy (non-hydrogen) atoms. The second kappa shape index (κ2) is 12.9. The molecule has 214 valence electrons. The van der Waals surface area contributed by atoms with Crippen LogP contribution in [0.1, 0.15) is 36.5 Å². The molecule has 3 aromatic carbocycles. The molecular formula is C30H29Br2N3O6. The summed E-state index contributed by atoms with van der Waals surface area (Å²) >= 11 is 7.07. The number of rotatable bonds is 9. The number of hydrogen-bond acceptors (Lipinski definition) is 8. The van der Waals surface area contributed by atoms with Crippen LogP contribution in [0, 0.1) is 6.92 Å². The van der Waals surface area contributed by atoms with E-state index in [1.54, 1.807) is 25.3 Å². The average Bonchev–Trinajstić information content (AvgIpc) is 2.97. The Hall–Kier alpha value is -3.70. The molecule has 9 nitrogen and oxygen atoms in total. The van der Waals surface area contributed by atoms with E-state index in [1.165, 1.54) is 25.1 Å². The number of fused-ring (bicyclic) bond motifs is 1. The van der Waals surface area contributed by atoms with Crippen molar-refractivity contribution in [3.63, 3.8) is 0 Å². The lowest BCUT2D eigenvalue weighted by Gasteiger charge is -2.17. The Kier molecular flexibility index (Phi) is 9.49. The number of aryl methyl sites for hydroxylation is 1. The van der Waals surface area contributed by atoms with E-state index < -0.39 is 5.97 Å². The Bertz CT molecular complexity index is 1720. The van der Waals surface area contributed by atoms with Crippen molar-refractivity contribution in [2.24, 2.45) is 5.10 Å². The Morgan fingerprint density at radius 1 is 1.05 bits per heavy atom. The second-order valence-electron chi connectivity index (χ2n) is 9.37. The molecule has 4 rings (SSSR count). The van der Waals surface area contributed by atoms with Crippen molar-refractivity contribution in [2.75, 3.05) is 27.9 Å². The quantitative estimate of drug-likeness (QED) is 0.147. The number of nitrogens with zero attached hydrogens (tertiary/aromatic N) is 3. The number of carbonyl (C=O) groups excluding carboxylic acids is 1. The topological polar surface area (TPSA) is 101 Å². The molecule has 0 N–H and O–H groups in total. The molecule has 0 saturated heterocycles. The lowest BCUT2D eigenvalue weighted by molar-refractivity contribution is -0.142. The standard InChI is InChI=1S/C30H29Br2N3O6/c1-16(2)20-13-21(17(3)11-23(20)38-4)29-34-22-10-8-7-9-19(22)30(37)35(29)33-14-18-12-24(39-5)28(27(32)26(18)31)41-15-25(36)40-6/h7-14,16H,15H2,1-6H3. The van der Waals surface area contributed by atoms with Crippen molar-refractivity contribution in [1.82, 2.24) is 9.66 Å². The van der Waals surface area contributed by atoms with Crippen LogP contribution in [0.2, 0.25) is 0 Å². The first kappa shape index (κ1) is 30.3. The molecule has 0 fully saturated rings. The van der Waals surface area contributed by atoms with Crippen LogP contribution in [0.5, 0.6) is 17.2 Å². The smallest absolute Gasteiger partial charge is 0.343 e. The van der Waals surface area contributed by atoms with E-state index in [4.69, 9.17) is 19.2 Å². The van der Waals surface area contributed by atoms with Crippen molar-refractivity contribution >= 4 is 54.9 Å². The van der Waals surface area contributed by atoms with E-state index in [-0.39, 0.29) is 18.1 Å². The van der Waals surface area contributed by atoms with Gasteiger partial charge in [0.05, 0.1) is 42.9 Å². The van der Waals surface area contributed by atoms with Crippen LogP contribution in [0.3, 0.4) is 0 Å². The number of halogens is 2. The van der Waals surface area contributed by atoms with Crippen LogP contribution >= 0.6 is 31.9 Å². The first-order valence-corrected chi connectivity index (χ1v) is 14.2. The minimum atomic E-state index is -0.536. The summed E-state index contributed by atoms with van der Waals surface area (Å²) in [5.74, 6) is 1.46. The number of benzene rings is 3. The average molecular weight is 687 g/mol. The van der Waals surface area contributed by atoms with Gasteiger partial charge in [-0.2, -0.15) is 9.78 Å². The normalized spacial score (nSPS) is 11.3. The molecule has 4 aromatic rings. The third-order valence-corrected chi connectivity index (χ3v) is 8.59. The van der Waals surface area contributed by atoms with Gasteiger partial charge in [-0.15, -0.1) is 0 Å². The summed E-state index contributed by atoms with van der Waals surface area (Å²) in [6.07, 6.45) is 1.53. The van der Waals surface area contributed by atoms with Gasteiger partial charge >= 0.3 is 5.97 Å². The maximum Gasteiger partial charge on any atom is 0.343 e. The van der Waals surface area contributed by atoms with Gasteiger partial charge in [-0.25, -0.2) is 9.78 Å². The molecule has 0 amide bonds. The van der Waals surface area contributed by atoms with Crippen LogP contribution < -0.4 is 19.8 Å². The van der Waals surface area contributed by atoms with Crippen molar-refractivity contribution in [2.45, 2.75) is 26.7 Å². The number of ether oxygens (including phenoxy) is 4. The van der Waals surface area contributed by atoms with E-state index >= 15 is 0 Å². The van der Waals surface area contributed by atoms with E-state index in [2.05, 4.69) is 55.5 Å². The molecule has 0 aliphatic heterocycles. The molecule has 0 aliphatic rings. The van der Waals surface area contributed by atoms with Crippen LogP contribution in [0.25, 0.3) is 22.3 Å². The van der Waals surface area contributed by atoms with Gasteiger partial charge in [0, 0.05) is 15.6 Å². The van der Waals surface area contributed by atoms with E-state index in [0.717, 1.165) is 22.4 Å². The Morgan fingerprint density at radius 3 is 2.41 bits per heavy atom. The molecule has 11 heteroatoms. The maximum absolute atomic E-state index is 13.8. The minimum Gasteiger partial charge on any atom is -0.496 e. The SMILES string of the molecule is COC(=O)COc1c(OC)cc(C=Nn2c(-c3cc(C(C)C)c(OC)cc3C)nc3ccccc3c2=O)c(Br)c1Br. The molecule has 0 radical (unpaired) electrons. The number of aromatic nitrogens is 2. The highest BCUT2D eigenvalue weighted by Gasteiger charge is 2.20. The second-order valence-corrected chi connectivity index (χ2v) is 11.0. The monoisotopic (exact) mass is 685 g/mol. The summed E-state index contributed by atoms with van der Waals surface area (Å²) in [4.78, 5) is 30.3. The summed E-state index contributed by atoms with van der Waals surface area (Å²) in [5.41, 5.74) is 3.47. The highest BCUT2D eigenvalue weighted by Crippen LogP contribution is 2.42. The third kappa shape index (κ3) is 6.15. The summed E-state index contributed by atoms with van der Waals surface area (Å²) < 4.78 is 23.8. The van der Waals surface area contributed by atoms with E-state index in [9.17, 15) is 9.59 Å². The zero-order valence-corrected chi connectivity index (χ0v) is 26.6. The predicted molar refractivity (Wildman–Crippen MR) is 166 cm³/mol. The fourth-order valence-corrected chi connectivity index (χ4v) is 5.20. The molecule has 0 atom stereocenters. The number of para-hydroxylation sites is 1. The minimum absolute atomic E-state index is 0.175. The molecule has 0 saturated carbocycles.